The highest BCUT2D eigenvalue weighted by molar-refractivity contribution is 9.10. The van der Waals surface area contributed by atoms with E-state index in [-0.39, 0.29) is 5.75 Å². The average molecular weight is 313 g/mol. The van der Waals surface area contributed by atoms with Gasteiger partial charge in [0.2, 0.25) is 0 Å². The van der Waals surface area contributed by atoms with Crippen molar-refractivity contribution in [1.82, 2.24) is 0 Å². The quantitative estimate of drug-likeness (QED) is 0.929. The van der Waals surface area contributed by atoms with Crippen LogP contribution in [0, 0.1) is 5.92 Å². The Morgan fingerprint density at radius 1 is 1.47 bits per heavy atom. The number of carboxylic acids is 1. The Bertz CT molecular complexity index is 406. The smallest absolute Gasteiger partial charge is 0.405 e. The van der Waals surface area contributed by atoms with Gasteiger partial charge in [0.25, 0.3) is 0 Å². The second-order valence-electron chi connectivity index (χ2n) is 3.20. The number of carbonyl (C=O) groups is 1. The van der Waals surface area contributed by atoms with Gasteiger partial charge in [0.15, 0.2) is 5.92 Å². The number of carboxylic acid groups (broad SMARTS) is 1. The lowest BCUT2D eigenvalue weighted by Gasteiger charge is -2.16. The highest BCUT2D eigenvalue weighted by Crippen LogP contribution is 2.27. The van der Waals surface area contributed by atoms with Crippen molar-refractivity contribution in [2.45, 2.75) is 6.18 Å². The van der Waals surface area contributed by atoms with Crippen LogP contribution >= 0.6 is 15.9 Å². The molecule has 0 amide bonds. The number of rotatable bonds is 4. The molecule has 0 heterocycles. The summed E-state index contributed by atoms with van der Waals surface area (Å²) in [6, 6.07) is 6.14. The Labute approximate surface area is 103 Å². The summed E-state index contributed by atoms with van der Waals surface area (Å²) in [7, 11) is 0. The van der Waals surface area contributed by atoms with Crippen LogP contribution in [0.4, 0.5) is 13.2 Å². The summed E-state index contributed by atoms with van der Waals surface area (Å²) in [4.78, 5) is 10.4. The molecule has 0 radical (unpaired) electrons. The zero-order valence-electron chi connectivity index (χ0n) is 8.37. The molecule has 1 unspecified atom stereocenters. The van der Waals surface area contributed by atoms with Crippen LogP contribution in [0.15, 0.2) is 28.7 Å². The molecule has 0 saturated carbocycles. The van der Waals surface area contributed by atoms with Gasteiger partial charge >= 0.3 is 12.1 Å². The maximum absolute atomic E-state index is 12.3. The van der Waals surface area contributed by atoms with E-state index in [4.69, 9.17) is 9.84 Å². The van der Waals surface area contributed by atoms with Crippen molar-refractivity contribution in [1.29, 1.82) is 0 Å². The highest BCUT2D eigenvalue weighted by Gasteiger charge is 2.45. The van der Waals surface area contributed by atoms with Gasteiger partial charge in [-0.15, -0.1) is 0 Å². The van der Waals surface area contributed by atoms with E-state index in [0.29, 0.717) is 4.47 Å². The predicted octanol–water partition coefficient (Wildman–Crippen LogP) is 3.09. The number of hydrogen-bond acceptors (Lipinski definition) is 2. The first-order valence-corrected chi connectivity index (χ1v) is 5.28. The maximum Gasteiger partial charge on any atom is 0.405 e. The van der Waals surface area contributed by atoms with Crippen LogP contribution in [-0.4, -0.2) is 23.9 Å². The van der Waals surface area contributed by atoms with E-state index >= 15 is 0 Å². The van der Waals surface area contributed by atoms with E-state index < -0.39 is 24.7 Å². The molecule has 94 valence electrons. The summed E-state index contributed by atoms with van der Waals surface area (Å²) >= 11 is 3.12. The van der Waals surface area contributed by atoms with E-state index in [9.17, 15) is 18.0 Å². The second kappa shape index (κ2) is 5.39. The van der Waals surface area contributed by atoms with Gasteiger partial charge < -0.3 is 9.84 Å². The van der Waals surface area contributed by atoms with Gasteiger partial charge in [0.1, 0.15) is 12.4 Å². The summed E-state index contributed by atoms with van der Waals surface area (Å²) in [5.74, 6) is -4.30. The minimum absolute atomic E-state index is 0.176. The van der Waals surface area contributed by atoms with Gasteiger partial charge in [0.05, 0.1) is 0 Å². The number of alkyl halides is 3. The lowest BCUT2D eigenvalue weighted by molar-refractivity contribution is -0.198. The topological polar surface area (TPSA) is 46.5 Å². The van der Waals surface area contributed by atoms with Crippen molar-refractivity contribution in [3.05, 3.63) is 28.7 Å². The molecule has 1 atom stereocenters. The average Bonchev–Trinajstić information content (AvgIpc) is 2.15. The monoisotopic (exact) mass is 312 g/mol. The van der Waals surface area contributed by atoms with Crippen LogP contribution in [0.1, 0.15) is 0 Å². The first kappa shape index (κ1) is 13.8. The number of aliphatic carboxylic acids is 1. The van der Waals surface area contributed by atoms with Crippen LogP contribution in [0.5, 0.6) is 5.75 Å². The largest absolute Gasteiger partial charge is 0.492 e. The molecule has 7 heteroatoms. The summed E-state index contributed by atoms with van der Waals surface area (Å²) in [5.41, 5.74) is 0. The van der Waals surface area contributed by atoms with Crippen LogP contribution in [0.3, 0.4) is 0 Å². The zero-order valence-corrected chi connectivity index (χ0v) is 9.96. The van der Waals surface area contributed by atoms with Crippen molar-refractivity contribution >= 4 is 21.9 Å². The third-order valence-electron chi connectivity index (χ3n) is 1.91. The van der Waals surface area contributed by atoms with Crippen molar-refractivity contribution < 1.29 is 27.8 Å². The van der Waals surface area contributed by atoms with E-state index in [2.05, 4.69) is 15.9 Å². The molecule has 0 aliphatic heterocycles. The summed E-state index contributed by atoms with van der Waals surface area (Å²) < 4.78 is 42.3. The summed E-state index contributed by atoms with van der Waals surface area (Å²) in [6.45, 7) is -0.949. The molecule has 0 spiro atoms. The van der Waals surface area contributed by atoms with E-state index in [0.717, 1.165) is 0 Å². The molecule has 1 aromatic carbocycles. The van der Waals surface area contributed by atoms with Crippen molar-refractivity contribution in [2.75, 3.05) is 6.61 Å². The van der Waals surface area contributed by atoms with Crippen molar-refractivity contribution in [3.8, 4) is 5.75 Å². The number of hydrogen-bond donors (Lipinski definition) is 1. The normalized spacial score (nSPS) is 13.2. The fourth-order valence-electron chi connectivity index (χ4n) is 1.04. The van der Waals surface area contributed by atoms with Gasteiger partial charge in [-0.2, -0.15) is 13.2 Å². The molecule has 0 bridgehead atoms. The van der Waals surface area contributed by atoms with Gasteiger partial charge in [-0.25, -0.2) is 0 Å². The van der Waals surface area contributed by atoms with Gasteiger partial charge in [-0.05, 0) is 18.2 Å². The third kappa shape index (κ3) is 4.26. The summed E-state index contributed by atoms with van der Waals surface area (Å²) in [6.07, 6.45) is -4.82. The Morgan fingerprint density at radius 2 is 2.12 bits per heavy atom. The Kier molecular flexibility index (Phi) is 4.39. The molecule has 0 fully saturated rings. The molecule has 1 rings (SSSR count). The van der Waals surface area contributed by atoms with Gasteiger partial charge in [-0.3, -0.25) is 4.79 Å². The lowest BCUT2D eigenvalue weighted by Crippen LogP contribution is -2.35. The molecule has 3 nitrogen and oxygen atoms in total. The fourth-order valence-corrected chi connectivity index (χ4v) is 1.42. The van der Waals surface area contributed by atoms with Crippen LogP contribution in [0.25, 0.3) is 0 Å². The second-order valence-corrected chi connectivity index (χ2v) is 4.12. The fraction of sp³-hybridized carbons (Fsp3) is 0.300. The van der Waals surface area contributed by atoms with Crippen LogP contribution < -0.4 is 4.74 Å². The molecular formula is C10H8BrF3O3. The SMILES string of the molecule is O=C(O)C(COc1cccc(Br)c1)C(F)(F)F. The van der Waals surface area contributed by atoms with E-state index in [1.807, 2.05) is 0 Å². The summed E-state index contributed by atoms with van der Waals surface area (Å²) in [5, 5.41) is 8.43. The zero-order chi connectivity index (χ0) is 13.1. The standard InChI is InChI=1S/C10H8BrF3O3/c11-6-2-1-3-7(4-6)17-5-8(9(15)16)10(12,13)14/h1-4,8H,5H2,(H,15,16). The molecule has 0 aliphatic rings. The molecule has 17 heavy (non-hydrogen) atoms. The molecular weight excluding hydrogens is 305 g/mol. The van der Waals surface area contributed by atoms with Crippen molar-refractivity contribution in [3.63, 3.8) is 0 Å². The molecule has 0 aliphatic carbocycles. The third-order valence-corrected chi connectivity index (χ3v) is 2.40. The van der Waals surface area contributed by atoms with Crippen LogP contribution in [0.2, 0.25) is 0 Å². The number of benzene rings is 1. The molecule has 0 aromatic heterocycles. The Morgan fingerprint density at radius 3 is 2.59 bits per heavy atom. The molecule has 0 saturated heterocycles. The van der Waals surface area contributed by atoms with Crippen molar-refractivity contribution in [2.24, 2.45) is 5.92 Å². The Hall–Kier alpha value is -1.24. The van der Waals surface area contributed by atoms with E-state index in [1.165, 1.54) is 12.1 Å². The van der Waals surface area contributed by atoms with Gasteiger partial charge in [-0.1, -0.05) is 22.0 Å². The number of halogens is 4. The van der Waals surface area contributed by atoms with E-state index in [1.54, 1.807) is 12.1 Å². The first-order valence-electron chi connectivity index (χ1n) is 4.48. The molecule has 1 N–H and O–H groups in total. The molecule has 1 aromatic rings. The predicted molar refractivity (Wildman–Crippen MR) is 56.8 cm³/mol. The van der Waals surface area contributed by atoms with Gasteiger partial charge in [0, 0.05) is 4.47 Å². The minimum Gasteiger partial charge on any atom is -0.492 e. The highest BCUT2D eigenvalue weighted by atomic mass is 79.9. The lowest BCUT2D eigenvalue weighted by atomic mass is 10.1. The number of ether oxygens (including phenoxy) is 1. The first-order chi connectivity index (χ1) is 7.80. The van der Waals surface area contributed by atoms with Crippen LogP contribution in [-0.2, 0) is 4.79 Å². The minimum atomic E-state index is -4.82. The maximum atomic E-state index is 12.3. The Balaban J connectivity index is 2.68.